The molecule has 1 heterocycles. The molecule has 0 saturated heterocycles. The standard InChI is InChI=1S/C30H30ClN7/c1-20(27(16-21-7-11-25(31)12-8-21)24-6-4-5-22(15-24)17-32)36-28(30(2,3)18-33)23-9-13-26(14-10-23)38-19-35-29(34)37-38/h4-15,19-20,27-28,36H,16H2,1-3H3,(H2,34,37)/t20?,27?,28-/m0/s1. The van der Waals surface area contributed by atoms with Crippen LogP contribution < -0.4 is 11.1 Å². The Hall–Kier alpha value is -4.17. The highest BCUT2D eigenvalue weighted by Gasteiger charge is 2.34. The molecule has 0 aliphatic rings. The molecule has 0 aliphatic heterocycles. The molecule has 0 radical (unpaired) electrons. The number of nitrogen functional groups attached to an aromatic ring is 1. The first kappa shape index (κ1) is 26.9. The minimum atomic E-state index is -0.702. The van der Waals surface area contributed by atoms with Crippen molar-refractivity contribution >= 4 is 17.5 Å². The van der Waals surface area contributed by atoms with E-state index in [4.69, 9.17) is 17.3 Å². The molecule has 0 spiro atoms. The summed E-state index contributed by atoms with van der Waals surface area (Å²) < 4.78 is 1.62. The minimum absolute atomic E-state index is 0.0352. The van der Waals surface area contributed by atoms with E-state index in [-0.39, 0.29) is 23.9 Å². The Morgan fingerprint density at radius 1 is 1.03 bits per heavy atom. The van der Waals surface area contributed by atoms with Crippen LogP contribution in [0.5, 0.6) is 0 Å². The maximum atomic E-state index is 10.1. The van der Waals surface area contributed by atoms with Gasteiger partial charge in [-0.25, -0.2) is 9.67 Å². The van der Waals surface area contributed by atoms with Gasteiger partial charge in [0.2, 0.25) is 5.95 Å². The predicted octanol–water partition coefficient (Wildman–Crippen LogP) is 5.97. The van der Waals surface area contributed by atoms with Gasteiger partial charge in [0.25, 0.3) is 0 Å². The highest BCUT2D eigenvalue weighted by Crippen LogP contribution is 2.36. The zero-order valence-corrected chi connectivity index (χ0v) is 22.4. The second-order valence-corrected chi connectivity index (χ2v) is 10.5. The van der Waals surface area contributed by atoms with Gasteiger partial charge in [-0.2, -0.15) is 10.5 Å². The van der Waals surface area contributed by atoms with Gasteiger partial charge in [0.15, 0.2) is 0 Å². The molecule has 2 unspecified atom stereocenters. The average Bonchev–Trinajstić information content (AvgIpc) is 3.37. The van der Waals surface area contributed by atoms with Gasteiger partial charge in [-0.05, 0) is 80.3 Å². The molecule has 8 heteroatoms. The number of rotatable bonds is 9. The number of anilines is 1. The fourth-order valence-corrected chi connectivity index (χ4v) is 4.81. The van der Waals surface area contributed by atoms with Crippen LogP contribution in [0.4, 0.5) is 5.95 Å². The van der Waals surface area contributed by atoms with Crippen molar-refractivity contribution in [1.29, 1.82) is 10.5 Å². The van der Waals surface area contributed by atoms with Crippen LogP contribution in [0.1, 0.15) is 55.0 Å². The second-order valence-electron chi connectivity index (χ2n) is 10.0. The Bertz CT molecular complexity index is 1460. The molecule has 0 saturated carbocycles. The smallest absolute Gasteiger partial charge is 0.239 e. The van der Waals surface area contributed by atoms with Crippen LogP contribution in [-0.4, -0.2) is 20.8 Å². The molecule has 0 bridgehead atoms. The van der Waals surface area contributed by atoms with Crippen LogP contribution in [0.3, 0.4) is 0 Å². The Morgan fingerprint density at radius 2 is 1.74 bits per heavy atom. The Labute approximate surface area is 228 Å². The number of halogens is 1. The average molecular weight is 524 g/mol. The van der Waals surface area contributed by atoms with Gasteiger partial charge in [-0.1, -0.05) is 48.0 Å². The van der Waals surface area contributed by atoms with E-state index in [2.05, 4.69) is 40.5 Å². The number of hydrogen-bond acceptors (Lipinski definition) is 6. The van der Waals surface area contributed by atoms with Gasteiger partial charge < -0.3 is 11.1 Å². The summed E-state index contributed by atoms with van der Waals surface area (Å²) in [4.78, 5) is 3.99. The number of nitrogens with one attached hydrogen (secondary N) is 1. The van der Waals surface area contributed by atoms with Gasteiger partial charge in [-0.15, -0.1) is 5.10 Å². The molecule has 38 heavy (non-hydrogen) atoms. The normalized spacial score (nSPS) is 13.7. The lowest BCUT2D eigenvalue weighted by Gasteiger charge is -2.36. The van der Waals surface area contributed by atoms with Gasteiger partial charge >= 0.3 is 0 Å². The first-order valence-corrected chi connectivity index (χ1v) is 12.8. The van der Waals surface area contributed by atoms with Crippen LogP contribution in [0, 0.1) is 28.1 Å². The fraction of sp³-hybridized carbons (Fsp3) is 0.267. The van der Waals surface area contributed by atoms with Gasteiger partial charge in [0, 0.05) is 17.0 Å². The van der Waals surface area contributed by atoms with Crippen molar-refractivity contribution < 1.29 is 0 Å². The number of aromatic nitrogens is 3. The Balaban J connectivity index is 1.67. The minimum Gasteiger partial charge on any atom is -0.366 e. The van der Waals surface area contributed by atoms with Crippen LogP contribution in [0.25, 0.3) is 5.69 Å². The highest BCUT2D eigenvalue weighted by molar-refractivity contribution is 6.30. The summed E-state index contributed by atoms with van der Waals surface area (Å²) in [5, 5.41) is 28.2. The summed E-state index contributed by atoms with van der Waals surface area (Å²) in [6.07, 6.45) is 2.31. The molecule has 0 amide bonds. The molecule has 7 nitrogen and oxygen atoms in total. The monoisotopic (exact) mass is 523 g/mol. The zero-order chi connectivity index (χ0) is 27.3. The summed E-state index contributed by atoms with van der Waals surface area (Å²) in [5.41, 5.74) is 9.60. The van der Waals surface area contributed by atoms with Crippen LogP contribution >= 0.6 is 11.6 Å². The van der Waals surface area contributed by atoms with Crippen molar-refractivity contribution in [3.63, 3.8) is 0 Å². The van der Waals surface area contributed by atoms with E-state index in [0.717, 1.165) is 28.8 Å². The summed E-state index contributed by atoms with van der Waals surface area (Å²) in [6, 6.07) is 27.9. The SMILES string of the molecule is CC(N[C@@H](c1ccc(-n2cnc(N)n2)cc1)C(C)(C)C#N)C(Cc1ccc(Cl)cc1)c1cccc(C#N)c1. The van der Waals surface area contributed by atoms with Crippen LogP contribution in [0.15, 0.2) is 79.1 Å². The Kier molecular flexibility index (Phi) is 8.12. The largest absolute Gasteiger partial charge is 0.366 e. The third-order valence-electron chi connectivity index (χ3n) is 6.86. The van der Waals surface area contributed by atoms with E-state index < -0.39 is 5.41 Å². The van der Waals surface area contributed by atoms with E-state index in [1.165, 1.54) is 0 Å². The lowest BCUT2D eigenvalue weighted by Crippen LogP contribution is -2.42. The summed E-state index contributed by atoms with van der Waals surface area (Å²) in [6.45, 7) is 6.01. The molecule has 3 aromatic carbocycles. The van der Waals surface area contributed by atoms with E-state index in [9.17, 15) is 10.5 Å². The summed E-state index contributed by atoms with van der Waals surface area (Å²) in [5.74, 6) is 0.249. The van der Waals surface area contributed by atoms with Crippen LogP contribution in [-0.2, 0) is 6.42 Å². The molecule has 3 atom stereocenters. The molecule has 0 aliphatic carbocycles. The van der Waals surface area contributed by atoms with E-state index >= 15 is 0 Å². The molecule has 192 valence electrons. The molecular weight excluding hydrogens is 494 g/mol. The molecule has 4 aromatic rings. The predicted molar refractivity (Wildman–Crippen MR) is 150 cm³/mol. The zero-order valence-electron chi connectivity index (χ0n) is 21.6. The van der Waals surface area contributed by atoms with E-state index in [1.54, 1.807) is 11.0 Å². The number of hydrogen-bond donors (Lipinski definition) is 2. The van der Waals surface area contributed by atoms with Crippen molar-refractivity contribution in [2.45, 2.75) is 45.2 Å². The quantitative estimate of drug-likeness (QED) is 0.279. The van der Waals surface area contributed by atoms with Crippen molar-refractivity contribution in [2.75, 3.05) is 5.73 Å². The number of nitriles is 2. The van der Waals surface area contributed by atoms with Gasteiger partial charge in [0.05, 0.1) is 34.8 Å². The van der Waals surface area contributed by atoms with Gasteiger partial charge in [-0.3, -0.25) is 0 Å². The molecule has 0 fully saturated rings. The molecular formula is C30H30ClN7. The molecule has 3 N–H and O–H groups in total. The molecule has 1 aromatic heterocycles. The lowest BCUT2D eigenvalue weighted by atomic mass is 9.79. The van der Waals surface area contributed by atoms with E-state index in [0.29, 0.717) is 10.6 Å². The number of benzene rings is 3. The third-order valence-corrected chi connectivity index (χ3v) is 7.11. The van der Waals surface area contributed by atoms with Crippen molar-refractivity contribution in [2.24, 2.45) is 5.41 Å². The number of nitrogens with zero attached hydrogens (tertiary/aromatic N) is 5. The Morgan fingerprint density at radius 3 is 2.34 bits per heavy atom. The van der Waals surface area contributed by atoms with Crippen molar-refractivity contribution in [1.82, 2.24) is 20.1 Å². The fourth-order valence-electron chi connectivity index (χ4n) is 4.68. The molecule has 4 rings (SSSR count). The topological polar surface area (TPSA) is 116 Å². The third kappa shape index (κ3) is 6.20. The highest BCUT2D eigenvalue weighted by atomic mass is 35.5. The van der Waals surface area contributed by atoms with Gasteiger partial charge in [0.1, 0.15) is 6.33 Å². The maximum Gasteiger partial charge on any atom is 0.239 e. The van der Waals surface area contributed by atoms with Crippen molar-refractivity contribution in [3.8, 4) is 17.8 Å². The maximum absolute atomic E-state index is 10.1. The van der Waals surface area contributed by atoms with Crippen molar-refractivity contribution in [3.05, 3.63) is 106 Å². The summed E-state index contributed by atoms with van der Waals surface area (Å²) in [7, 11) is 0. The second kappa shape index (κ2) is 11.5. The number of nitrogens with two attached hydrogens (primary N) is 1. The van der Waals surface area contributed by atoms with E-state index in [1.807, 2.05) is 80.6 Å². The van der Waals surface area contributed by atoms with Crippen LogP contribution in [0.2, 0.25) is 5.02 Å². The summed E-state index contributed by atoms with van der Waals surface area (Å²) >= 11 is 6.13. The first-order chi connectivity index (χ1) is 18.2. The lowest BCUT2D eigenvalue weighted by molar-refractivity contribution is 0.281. The first-order valence-electron chi connectivity index (χ1n) is 12.4.